The second-order valence-corrected chi connectivity index (χ2v) is 12.0. The molecule has 0 unspecified atom stereocenters. The van der Waals surface area contributed by atoms with Crippen molar-refractivity contribution in [2.75, 3.05) is 20.2 Å². The molecule has 2 fully saturated rings. The highest BCUT2D eigenvalue weighted by molar-refractivity contribution is 7.89. The summed E-state index contributed by atoms with van der Waals surface area (Å²) in [5.74, 6) is -6.98. The van der Waals surface area contributed by atoms with E-state index >= 15 is 0 Å². The number of nitrogens with one attached hydrogen (secondary N) is 1. The molecule has 2 aliphatic heterocycles. The monoisotopic (exact) mass is 645 g/mol. The molecule has 11 nitrogen and oxygen atoms in total. The van der Waals surface area contributed by atoms with Gasteiger partial charge in [0.05, 0.1) is 30.4 Å². The van der Waals surface area contributed by atoms with E-state index in [0.29, 0.717) is 0 Å². The Labute approximate surface area is 250 Å². The minimum absolute atomic E-state index is 0.0462. The van der Waals surface area contributed by atoms with Gasteiger partial charge < -0.3 is 9.84 Å². The Morgan fingerprint density at radius 1 is 1.05 bits per heavy atom. The summed E-state index contributed by atoms with van der Waals surface area (Å²) in [6.45, 7) is 3.29. The van der Waals surface area contributed by atoms with Crippen LogP contribution in [0, 0.1) is 17.7 Å². The van der Waals surface area contributed by atoms with Crippen LogP contribution in [0.1, 0.15) is 25.8 Å². The van der Waals surface area contributed by atoms with Gasteiger partial charge in [-0.3, -0.25) is 24.6 Å². The first-order chi connectivity index (χ1) is 20.5. The predicted octanol–water partition coefficient (Wildman–Crippen LogP) is 2.56. The number of carbonyl (C=O) groups is 4. The zero-order chi connectivity index (χ0) is 33.0. The lowest BCUT2D eigenvalue weighted by molar-refractivity contribution is -0.192. The minimum Gasteiger partial charge on any atom is -0.475 e. The summed E-state index contributed by atoms with van der Waals surface area (Å²) in [4.78, 5) is 50.3. The number of imide groups is 1. The Morgan fingerprint density at radius 2 is 1.61 bits per heavy atom. The molecule has 0 radical (unpaired) electrons. The number of hydrogen-bond acceptors (Lipinski definition) is 8. The fourth-order valence-electron chi connectivity index (χ4n) is 5.47. The van der Waals surface area contributed by atoms with Gasteiger partial charge in [-0.25, -0.2) is 17.6 Å². The molecule has 0 aromatic heterocycles. The summed E-state index contributed by atoms with van der Waals surface area (Å²) < 4.78 is 78.0. The maximum Gasteiger partial charge on any atom is 0.490 e. The number of nitrogens with zero attached hydrogens (tertiary/aromatic N) is 2. The van der Waals surface area contributed by atoms with Crippen LogP contribution in [0.25, 0.3) is 0 Å². The van der Waals surface area contributed by atoms with E-state index < -0.39 is 69.2 Å². The first-order valence-electron chi connectivity index (χ1n) is 13.4. The van der Waals surface area contributed by atoms with Crippen molar-refractivity contribution in [2.24, 2.45) is 11.8 Å². The number of fused-ring (bicyclic) bond motifs is 1. The molecular formula is C28H31F4N3O8S. The number of likely N-dealkylation sites (N-methyl/N-ethyl adjacent to an activating group) is 1. The molecule has 2 N–H and O–H groups in total. The lowest BCUT2D eigenvalue weighted by atomic mass is 9.78. The van der Waals surface area contributed by atoms with Gasteiger partial charge in [0.2, 0.25) is 21.8 Å². The van der Waals surface area contributed by atoms with Crippen LogP contribution in [0.3, 0.4) is 0 Å². The SMILES string of the molecule is CCN(C[C@H]1N[C@@](CC)(C(=O)OC)[C@H]2C(=O)N(Cc3ccccc3)C(=O)[C@@H]12)S(=O)(=O)c1ccc(F)cc1.O=C(O)C(F)(F)F. The number of amides is 2. The van der Waals surface area contributed by atoms with E-state index in [4.69, 9.17) is 14.6 Å². The molecule has 0 bridgehead atoms. The average molecular weight is 646 g/mol. The van der Waals surface area contributed by atoms with Gasteiger partial charge in [0.25, 0.3) is 0 Å². The zero-order valence-corrected chi connectivity index (χ0v) is 24.7. The molecule has 2 aromatic carbocycles. The maximum atomic E-state index is 13.7. The number of ether oxygens (including phenoxy) is 1. The molecule has 2 aromatic rings. The summed E-state index contributed by atoms with van der Waals surface area (Å²) in [5.41, 5.74) is -0.732. The lowest BCUT2D eigenvalue weighted by Crippen LogP contribution is -2.58. The van der Waals surface area contributed by atoms with E-state index in [9.17, 15) is 40.4 Å². The average Bonchev–Trinajstić information content (AvgIpc) is 3.45. The number of carbonyl (C=O) groups excluding carboxylic acids is 3. The van der Waals surface area contributed by atoms with Gasteiger partial charge >= 0.3 is 18.1 Å². The molecule has 2 heterocycles. The lowest BCUT2D eigenvalue weighted by Gasteiger charge is -2.32. The Hall–Kier alpha value is -3.89. The Balaban J connectivity index is 0.000000676. The smallest absolute Gasteiger partial charge is 0.475 e. The second-order valence-electron chi connectivity index (χ2n) is 10.0. The molecule has 2 saturated heterocycles. The van der Waals surface area contributed by atoms with Crippen LogP contribution in [0.2, 0.25) is 0 Å². The van der Waals surface area contributed by atoms with Crippen LogP contribution in [0.5, 0.6) is 0 Å². The number of aliphatic carboxylic acids is 1. The number of benzene rings is 2. The summed E-state index contributed by atoms with van der Waals surface area (Å²) in [7, 11) is -2.83. The number of hydrogen-bond donors (Lipinski definition) is 2. The highest BCUT2D eigenvalue weighted by Gasteiger charge is 2.68. The van der Waals surface area contributed by atoms with Crippen LogP contribution < -0.4 is 5.32 Å². The van der Waals surface area contributed by atoms with E-state index in [1.54, 1.807) is 38.1 Å². The van der Waals surface area contributed by atoms with Gasteiger partial charge in [0.1, 0.15) is 11.4 Å². The predicted molar refractivity (Wildman–Crippen MR) is 145 cm³/mol. The van der Waals surface area contributed by atoms with Crippen molar-refractivity contribution in [3.63, 3.8) is 0 Å². The highest BCUT2D eigenvalue weighted by atomic mass is 32.2. The molecule has 2 aliphatic rings. The zero-order valence-electron chi connectivity index (χ0n) is 23.9. The van der Waals surface area contributed by atoms with Crippen molar-refractivity contribution in [3.8, 4) is 0 Å². The number of esters is 1. The van der Waals surface area contributed by atoms with E-state index in [0.717, 1.165) is 26.9 Å². The molecule has 2 amide bonds. The molecule has 240 valence electrons. The van der Waals surface area contributed by atoms with Gasteiger partial charge in [0.15, 0.2) is 0 Å². The fraction of sp³-hybridized carbons (Fsp3) is 0.429. The van der Waals surface area contributed by atoms with Crippen LogP contribution in [0.15, 0.2) is 59.5 Å². The molecule has 44 heavy (non-hydrogen) atoms. The fourth-order valence-corrected chi connectivity index (χ4v) is 6.95. The Kier molecular flexibility index (Phi) is 10.5. The molecule has 16 heteroatoms. The molecule has 4 atom stereocenters. The van der Waals surface area contributed by atoms with Gasteiger partial charge in [-0.15, -0.1) is 0 Å². The number of methoxy groups -OCH3 is 1. The van der Waals surface area contributed by atoms with E-state index in [-0.39, 0.29) is 31.0 Å². The number of rotatable bonds is 9. The van der Waals surface area contributed by atoms with Crippen molar-refractivity contribution < 1.29 is 55.0 Å². The van der Waals surface area contributed by atoms with Crippen molar-refractivity contribution in [3.05, 3.63) is 66.0 Å². The summed E-state index contributed by atoms with van der Waals surface area (Å²) in [6.07, 6.45) is -4.92. The minimum atomic E-state index is -5.08. The quantitative estimate of drug-likeness (QED) is 0.238. The Bertz CT molecular complexity index is 1490. The van der Waals surface area contributed by atoms with Crippen LogP contribution >= 0.6 is 0 Å². The van der Waals surface area contributed by atoms with Gasteiger partial charge in [-0.1, -0.05) is 44.2 Å². The molecule has 4 rings (SSSR count). The van der Waals surface area contributed by atoms with Crippen molar-refractivity contribution >= 4 is 33.8 Å². The molecule has 0 aliphatic carbocycles. The summed E-state index contributed by atoms with van der Waals surface area (Å²) >= 11 is 0. The van der Waals surface area contributed by atoms with E-state index in [1.165, 1.54) is 19.2 Å². The highest BCUT2D eigenvalue weighted by Crippen LogP contribution is 2.46. The van der Waals surface area contributed by atoms with Crippen molar-refractivity contribution in [1.82, 2.24) is 14.5 Å². The van der Waals surface area contributed by atoms with E-state index in [1.807, 2.05) is 6.07 Å². The standard InChI is InChI=1S/C26H30FN3O6S.C2HF3O2/c1-4-26(25(33)36-3)22-21(23(31)30(24(22)32)15-17-9-7-6-8-10-17)20(28-26)16-29(5-2)37(34,35)19-13-11-18(27)12-14-19;3-2(4,5)1(6)7/h6-14,20-22,28H,4-5,15-16H2,1-3H3;(H,6,7)/t20-,21+,22-,26-;/m1./s1. The third-order valence-electron chi connectivity index (χ3n) is 7.59. The normalized spacial score (nSPS) is 23.3. The topological polar surface area (TPSA) is 150 Å². The first-order valence-corrected chi connectivity index (χ1v) is 14.8. The van der Waals surface area contributed by atoms with Crippen molar-refractivity contribution in [1.29, 1.82) is 0 Å². The van der Waals surface area contributed by atoms with Crippen LogP contribution in [-0.2, 0) is 40.5 Å². The number of halogens is 4. The summed E-state index contributed by atoms with van der Waals surface area (Å²) in [5, 5.41) is 10.3. The number of carboxylic acid groups (broad SMARTS) is 1. The van der Waals surface area contributed by atoms with Gasteiger partial charge in [-0.05, 0) is 36.2 Å². The number of sulfonamides is 1. The molecule has 0 spiro atoms. The maximum absolute atomic E-state index is 13.7. The van der Waals surface area contributed by atoms with Gasteiger partial charge in [-0.2, -0.15) is 17.5 Å². The number of alkyl halides is 3. The largest absolute Gasteiger partial charge is 0.490 e. The van der Waals surface area contributed by atoms with Crippen LogP contribution in [0.4, 0.5) is 17.6 Å². The molecular weight excluding hydrogens is 614 g/mol. The third-order valence-corrected chi connectivity index (χ3v) is 9.54. The second kappa shape index (κ2) is 13.4. The Morgan fingerprint density at radius 3 is 2.09 bits per heavy atom. The van der Waals surface area contributed by atoms with Crippen molar-refractivity contribution in [2.45, 2.75) is 49.5 Å². The first kappa shape index (κ1) is 34.6. The number of carboxylic acids is 1. The summed E-state index contributed by atoms with van der Waals surface area (Å²) in [6, 6.07) is 12.7. The molecule has 0 saturated carbocycles. The van der Waals surface area contributed by atoms with Crippen LogP contribution in [-0.4, -0.2) is 84.4 Å². The van der Waals surface area contributed by atoms with E-state index in [2.05, 4.69) is 5.32 Å². The number of likely N-dealkylation sites (tertiary alicyclic amines) is 1. The third kappa shape index (κ3) is 6.76. The van der Waals surface area contributed by atoms with Gasteiger partial charge in [0, 0.05) is 19.1 Å².